The van der Waals surface area contributed by atoms with Crippen LogP contribution < -0.4 is 10.6 Å². The summed E-state index contributed by atoms with van der Waals surface area (Å²) in [6, 6.07) is 7.66. The summed E-state index contributed by atoms with van der Waals surface area (Å²) < 4.78 is 7.00. The van der Waals surface area contributed by atoms with Gasteiger partial charge in [0.15, 0.2) is 5.82 Å². The van der Waals surface area contributed by atoms with Gasteiger partial charge < -0.3 is 15.4 Å². The fourth-order valence-electron chi connectivity index (χ4n) is 3.01. The van der Waals surface area contributed by atoms with E-state index >= 15 is 0 Å². The quantitative estimate of drug-likeness (QED) is 0.454. The maximum Gasteiger partial charge on any atom is 0.274 e. The van der Waals surface area contributed by atoms with Crippen molar-refractivity contribution in [2.75, 3.05) is 18.5 Å². The molecule has 1 aromatic carbocycles. The Hall–Kier alpha value is -2.17. The van der Waals surface area contributed by atoms with Gasteiger partial charge in [0, 0.05) is 30.4 Å². The van der Waals surface area contributed by atoms with Gasteiger partial charge in [-0.2, -0.15) is 5.10 Å². The summed E-state index contributed by atoms with van der Waals surface area (Å²) in [7, 11) is 0. The first-order chi connectivity index (χ1) is 15.3. The molecule has 0 bridgehead atoms. The molecule has 2 N–H and O–H groups in total. The molecule has 3 heterocycles. The molecule has 0 aliphatic carbocycles. The van der Waals surface area contributed by atoms with Crippen LogP contribution in [0.15, 0.2) is 41.1 Å². The Labute approximate surface area is 206 Å². The van der Waals surface area contributed by atoms with Crippen molar-refractivity contribution in [3.05, 3.63) is 67.5 Å². The van der Waals surface area contributed by atoms with Gasteiger partial charge in [0.05, 0.1) is 27.4 Å². The molecular formula is C20H15BrCl3N5O3. The Bertz CT molecular complexity index is 1200. The lowest BCUT2D eigenvalue weighted by atomic mass is 10.1. The Balaban J connectivity index is 1.64. The molecule has 12 heteroatoms. The maximum absolute atomic E-state index is 13.2. The number of carbonyl (C=O) groups excluding carboxylic acids is 2. The minimum Gasteiger partial charge on any atom is -0.376 e. The van der Waals surface area contributed by atoms with Gasteiger partial charge in [-0.3, -0.25) is 9.59 Å². The molecule has 0 saturated carbocycles. The number of ether oxygens (including phenoxy) is 1. The molecule has 166 valence electrons. The second kappa shape index (κ2) is 9.76. The lowest BCUT2D eigenvalue weighted by Crippen LogP contribution is -2.40. The minimum absolute atomic E-state index is 0.0264. The molecule has 2 amide bonds. The van der Waals surface area contributed by atoms with Crippen molar-refractivity contribution in [1.29, 1.82) is 0 Å². The number of nitrogens with zero attached hydrogens (tertiary/aromatic N) is 3. The van der Waals surface area contributed by atoms with E-state index in [0.29, 0.717) is 22.8 Å². The van der Waals surface area contributed by atoms with Gasteiger partial charge >= 0.3 is 0 Å². The van der Waals surface area contributed by atoms with E-state index in [1.165, 1.54) is 29.1 Å². The molecule has 8 nitrogen and oxygen atoms in total. The summed E-state index contributed by atoms with van der Waals surface area (Å²) in [6.07, 6.45) is 2.37. The number of hydrogen-bond acceptors (Lipinski definition) is 5. The van der Waals surface area contributed by atoms with Crippen LogP contribution in [0.1, 0.15) is 27.3 Å². The van der Waals surface area contributed by atoms with Gasteiger partial charge in [0.2, 0.25) is 0 Å². The largest absolute Gasteiger partial charge is 0.376 e. The van der Waals surface area contributed by atoms with Crippen molar-refractivity contribution in [2.45, 2.75) is 12.5 Å². The van der Waals surface area contributed by atoms with Gasteiger partial charge in [-0.1, -0.05) is 34.8 Å². The van der Waals surface area contributed by atoms with Crippen molar-refractivity contribution < 1.29 is 14.3 Å². The summed E-state index contributed by atoms with van der Waals surface area (Å²) in [4.78, 5) is 30.1. The van der Waals surface area contributed by atoms with E-state index in [4.69, 9.17) is 39.5 Å². The van der Waals surface area contributed by atoms with Crippen LogP contribution in [0.5, 0.6) is 0 Å². The highest BCUT2D eigenvalue weighted by atomic mass is 79.9. The van der Waals surface area contributed by atoms with Crippen LogP contribution in [-0.2, 0) is 4.74 Å². The summed E-state index contributed by atoms with van der Waals surface area (Å²) in [5, 5.41) is 10.4. The fraction of sp³-hybridized carbons (Fsp3) is 0.200. The number of hydrogen-bond donors (Lipinski definition) is 2. The molecule has 1 unspecified atom stereocenters. The Morgan fingerprint density at radius 1 is 1.19 bits per heavy atom. The zero-order valence-electron chi connectivity index (χ0n) is 16.2. The number of anilines is 1. The fourth-order valence-corrected chi connectivity index (χ4v) is 4.13. The van der Waals surface area contributed by atoms with Gasteiger partial charge in [0.1, 0.15) is 10.3 Å². The van der Waals surface area contributed by atoms with E-state index in [1.54, 1.807) is 12.1 Å². The van der Waals surface area contributed by atoms with Crippen LogP contribution in [0, 0.1) is 0 Å². The van der Waals surface area contributed by atoms with E-state index in [-0.39, 0.29) is 38.9 Å². The van der Waals surface area contributed by atoms with Gasteiger partial charge in [-0.25, -0.2) is 9.67 Å². The van der Waals surface area contributed by atoms with Crippen LogP contribution in [0.4, 0.5) is 5.69 Å². The van der Waals surface area contributed by atoms with Gasteiger partial charge in [0.25, 0.3) is 11.8 Å². The normalized spacial score (nSPS) is 15.2. The molecule has 0 radical (unpaired) electrons. The molecule has 1 atom stereocenters. The van der Waals surface area contributed by atoms with E-state index in [2.05, 4.69) is 36.6 Å². The summed E-state index contributed by atoms with van der Waals surface area (Å²) in [5.41, 5.74) is 0.359. The lowest BCUT2D eigenvalue weighted by Gasteiger charge is -2.26. The number of pyridine rings is 1. The number of nitrogens with one attached hydrogen (secondary N) is 2. The molecule has 1 aliphatic rings. The van der Waals surface area contributed by atoms with Crippen molar-refractivity contribution in [3.8, 4) is 5.82 Å². The standard InChI is InChI=1S/C20H15BrCl3N5O3/c21-16-8-15(29(28-16)18-13(23)2-1-4-25-18)20(31)27-17-12(6-10(22)7-14(17)24)19(30)26-9-11-3-5-32-11/h1-2,4,6-8,11H,3,5,9H2,(H,26,30)(H,27,31). The Morgan fingerprint density at radius 3 is 2.66 bits per heavy atom. The number of rotatable bonds is 6. The zero-order chi connectivity index (χ0) is 22.8. The lowest BCUT2D eigenvalue weighted by molar-refractivity contribution is -0.0472. The third kappa shape index (κ3) is 4.92. The molecule has 0 spiro atoms. The zero-order valence-corrected chi connectivity index (χ0v) is 20.1. The van der Waals surface area contributed by atoms with E-state index < -0.39 is 11.8 Å². The average molecular weight is 560 g/mol. The Kier molecular flexibility index (Phi) is 7.02. The minimum atomic E-state index is -0.578. The molecule has 1 aliphatic heterocycles. The van der Waals surface area contributed by atoms with Gasteiger partial charge in [-0.05, 0) is 46.6 Å². The molecule has 3 aromatic rings. The van der Waals surface area contributed by atoms with Crippen LogP contribution in [0.2, 0.25) is 15.1 Å². The first-order valence-electron chi connectivity index (χ1n) is 9.40. The monoisotopic (exact) mass is 557 g/mol. The molecule has 32 heavy (non-hydrogen) atoms. The van der Waals surface area contributed by atoms with Gasteiger partial charge in [-0.15, -0.1) is 0 Å². The van der Waals surface area contributed by atoms with Crippen molar-refractivity contribution in [2.24, 2.45) is 0 Å². The second-order valence-electron chi connectivity index (χ2n) is 6.83. The third-order valence-corrected chi connectivity index (χ3v) is 5.87. The highest BCUT2D eigenvalue weighted by Crippen LogP contribution is 2.31. The predicted molar refractivity (Wildman–Crippen MR) is 125 cm³/mol. The number of amides is 2. The van der Waals surface area contributed by atoms with E-state index in [0.717, 1.165) is 6.42 Å². The highest BCUT2D eigenvalue weighted by molar-refractivity contribution is 9.10. The molecule has 1 fully saturated rings. The number of carbonyl (C=O) groups is 2. The third-order valence-electron chi connectivity index (χ3n) is 4.67. The summed E-state index contributed by atoms with van der Waals surface area (Å²) >= 11 is 21.9. The van der Waals surface area contributed by atoms with Crippen molar-refractivity contribution in [1.82, 2.24) is 20.1 Å². The van der Waals surface area contributed by atoms with E-state index in [9.17, 15) is 9.59 Å². The number of aromatic nitrogens is 3. The molecular weight excluding hydrogens is 545 g/mol. The molecule has 2 aromatic heterocycles. The van der Waals surface area contributed by atoms with Crippen molar-refractivity contribution >= 4 is 68.2 Å². The summed E-state index contributed by atoms with van der Waals surface area (Å²) in [5.74, 6) is -0.751. The first kappa shape index (κ1) is 23.0. The van der Waals surface area contributed by atoms with Crippen LogP contribution in [0.3, 0.4) is 0 Å². The Morgan fingerprint density at radius 2 is 1.97 bits per heavy atom. The predicted octanol–water partition coefficient (Wildman–Crippen LogP) is 4.76. The smallest absolute Gasteiger partial charge is 0.274 e. The summed E-state index contributed by atoms with van der Waals surface area (Å²) in [6.45, 7) is 1.02. The average Bonchev–Trinajstić information content (AvgIpc) is 3.10. The molecule has 1 saturated heterocycles. The highest BCUT2D eigenvalue weighted by Gasteiger charge is 2.24. The number of benzene rings is 1. The first-order valence-corrected chi connectivity index (χ1v) is 11.3. The van der Waals surface area contributed by atoms with E-state index in [1.807, 2.05) is 0 Å². The molecule has 4 rings (SSSR count). The van der Waals surface area contributed by atoms with Crippen LogP contribution in [0.25, 0.3) is 5.82 Å². The second-order valence-corrected chi connectivity index (χ2v) is 8.89. The number of halogens is 4. The van der Waals surface area contributed by atoms with Crippen LogP contribution >= 0.6 is 50.7 Å². The maximum atomic E-state index is 13.2. The van der Waals surface area contributed by atoms with Crippen molar-refractivity contribution in [3.63, 3.8) is 0 Å². The topological polar surface area (TPSA) is 98.1 Å². The van der Waals surface area contributed by atoms with Crippen LogP contribution in [-0.4, -0.2) is 45.8 Å². The SMILES string of the molecule is O=C(NCC1CCO1)c1cc(Cl)cc(Cl)c1NC(=O)c1cc(Br)nn1-c1ncccc1Cl.